The smallest absolute Gasteiger partial charge is 0.380 e. The Morgan fingerprint density at radius 2 is 2.17 bits per heavy atom. The number of nitrogens with one attached hydrogen (secondary N) is 1. The molecule has 1 aliphatic heterocycles. The number of anilines is 1. The summed E-state index contributed by atoms with van der Waals surface area (Å²) in [6.45, 7) is -0.415. The van der Waals surface area contributed by atoms with Crippen LogP contribution >= 0.6 is 28.6 Å². The van der Waals surface area contributed by atoms with E-state index in [-0.39, 0.29) is 17.1 Å². The summed E-state index contributed by atoms with van der Waals surface area (Å²) in [6, 6.07) is 0. The fourth-order valence-corrected chi connectivity index (χ4v) is 3.04. The Bertz CT molecular complexity index is 867. The number of ether oxygens (including phenoxy) is 1. The van der Waals surface area contributed by atoms with E-state index in [1.165, 1.54) is 10.9 Å². The van der Waals surface area contributed by atoms with Crippen molar-refractivity contribution in [2.24, 2.45) is 0 Å². The molecule has 1 fully saturated rings. The Labute approximate surface area is 143 Å². The summed E-state index contributed by atoms with van der Waals surface area (Å²) in [4.78, 5) is 21.9. The van der Waals surface area contributed by atoms with E-state index in [9.17, 15) is 19.6 Å². The first-order chi connectivity index (χ1) is 11.2. The zero-order valence-electron chi connectivity index (χ0n) is 11.7. The van der Waals surface area contributed by atoms with Crippen LogP contribution in [-0.2, 0) is 13.8 Å². The van der Waals surface area contributed by atoms with Crippen LogP contribution in [0.4, 0.5) is 5.95 Å². The standard InChI is InChI=1S/C10H12Cl2N5O6P/c11-24(12,21)22-1-3-5(18)6(19)9(23-3)17-2-14-4-7(17)15-10(13)16-8(4)20/h2-3,5-6,9,18-19H,1H2,(H3,13,15,16,20)/t3-,5-,6-,9-/m1/s1. The highest BCUT2D eigenvalue weighted by molar-refractivity contribution is 8.05. The summed E-state index contributed by atoms with van der Waals surface area (Å²) in [7, 11) is 0. The number of aliphatic hydroxyl groups is 2. The van der Waals surface area contributed by atoms with Crippen LogP contribution in [0.25, 0.3) is 11.2 Å². The van der Waals surface area contributed by atoms with Gasteiger partial charge in [-0.2, -0.15) is 4.98 Å². The predicted octanol–water partition coefficient (Wildman–Crippen LogP) is -0.0767. The zero-order chi connectivity index (χ0) is 17.6. The van der Waals surface area contributed by atoms with Crippen molar-refractivity contribution < 1.29 is 24.0 Å². The quantitative estimate of drug-likeness (QED) is 0.514. The molecule has 3 rings (SSSR count). The molecule has 5 N–H and O–H groups in total. The van der Waals surface area contributed by atoms with E-state index in [0.29, 0.717) is 0 Å². The molecule has 0 aliphatic carbocycles. The molecule has 1 aliphatic rings. The van der Waals surface area contributed by atoms with Crippen molar-refractivity contribution >= 4 is 45.7 Å². The Balaban J connectivity index is 1.90. The first-order valence-corrected chi connectivity index (χ1v) is 9.98. The van der Waals surface area contributed by atoms with E-state index in [1.807, 2.05) is 0 Å². The number of rotatable bonds is 4. The van der Waals surface area contributed by atoms with Crippen molar-refractivity contribution in [1.29, 1.82) is 0 Å². The Hall–Kier alpha value is -1.20. The molecule has 4 atom stereocenters. The summed E-state index contributed by atoms with van der Waals surface area (Å²) in [6.07, 6.45) is -7.58. The van der Waals surface area contributed by atoms with E-state index in [4.69, 9.17) is 37.5 Å². The van der Waals surface area contributed by atoms with Gasteiger partial charge in [-0.25, -0.2) is 4.98 Å². The molecule has 0 saturated carbocycles. The fourth-order valence-electron chi connectivity index (χ4n) is 2.39. The van der Waals surface area contributed by atoms with Crippen molar-refractivity contribution in [3.8, 4) is 0 Å². The van der Waals surface area contributed by atoms with Gasteiger partial charge < -0.3 is 25.2 Å². The van der Waals surface area contributed by atoms with Crippen LogP contribution in [0, 0.1) is 0 Å². The third-order valence-corrected chi connectivity index (χ3v) is 4.49. The summed E-state index contributed by atoms with van der Waals surface area (Å²) in [5.41, 5.74) is 4.99. The Kier molecular flexibility index (Phi) is 4.60. The number of fused-ring (bicyclic) bond motifs is 1. The summed E-state index contributed by atoms with van der Waals surface area (Å²) in [5, 5.41) is 20.2. The minimum atomic E-state index is -3.82. The number of hydrogen-bond donors (Lipinski definition) is 4. The minimum Gasteiger partial charge on any atom is -0.387 e. The second kappa shape index (κ2) is 6.26. The highest BCUT2D eigenvalue weighted by Gasteiger charge is 2.45. The molecule has 0 radical (unpaired) electrons. The van der Waals surface area contributed by atoms with Crippen LogP contribution in [0.3, 0.4) is 0 Å². The van der Waals surface area contributed by atoms with Gasteiger partial charge in [0.15, 0.2) is 17.4 Å². The number of nitrogen functional groups attached to an aromatic ring is 1. The zero-order valence-corrected chi connectivity index (χ0v) is 14.1. The lowest BCUT2D eigenvalue weighted by atomic mass is 10.1. The summed E-state index contributed by atoms with van der Waals surface area (Å²) < 4.78 is 22.6. The van der Waals surface area contributed by atoms with Gasteiger partial charge in [-0.1, -0.05) is 0 Å². The van der Waals surface area contributed by atoms with Gasteiger partial charge in [-0.15, -0.1) is 0 Å². The Morgan fingerprint density at radius 1 is 1.46 bits per heavy atom. The molecule has 0 unspecified atom stereocenters. The molecule has 3 heterocycles. The largest absolute Gasteiger partial charge is 0.387 e. The third-order valence-electron chi connectivity index (χ3n) is 3.45. The van der Waals surface area contributed by atoms with Crippen LogP contribution in [0.15, 0.2) is 11.1 Å². The fraction of sp³-hybridized carbons (Fsp3) is 0.500. The first-order valence-electron chi connectivity index (χ1n) is 6.55. The molecule has 2 aromatic rings. The predicted molar refractivity (Wildman–Crippen MR) is 83.7 cm³/mol. The van der Waals surface area contributed by atoms with Crippen LogP contribution in [0.2, 0.25) is 0 Å². The normalized spacial score (nSPS) is 27.8. The highest BCUT2D eigenvalue weighted by atomic mass is 35.9. The second-order valence-electron chi connectivity index (χ2n) is 5.03. The Morgan fingerprint density at radius 3 is 2.83 bits per heavy atom. The van der Waals surface area contributed by atoms with Crippen LogP contribution < -0.4 is 11.3 Å². The topological polar surface area (TPSA) is 166 Å². The molecule has 0 aromatic carbocycles. The molecule has 0 bridgehead atoms. The molecule has 2 aromatic heterocycles. The van der Waals surface area contributed by atoms with E-state index in [2.05, 4.69) is 15.0 Å². The van der Waals surface area contributed by atoms with Gasteiger partial charge >= 0.3 is 6.07 Å². The number of nitrogens with zero attached hydrogens (tertiary/aromatic N) is 3. The van der Waals surface area contributed by atoms with Crippen molar-refractivity contribution in [1.82, 2.24) is 19.5 Å². The molecule has 14 heteroatoms. The van der Waals surface area contributed by atoms with Crippen molar-refractivity contribution in [3.63, 3.8) is 0 Å². The molecule has 132 valence electrons. The van der Waals surface area contributed by atoms with E-state index in [1.54, 1.807) is 0 Å². The molecule has 1 saturated heterocycles. The number of aromatic amines is 1. The number of imidazole rings is 1. The number of hydrogen-bond acceptors (Lipinski definition) is 9. The van der Waals surface area contributed by atoms with E-state index >= 15 is 0 Å². The van der Waals surface area contributed by atoms with E-state index in [0.717, 1.165) is 0 Å². The molecular weight excluding hydrogens is 388 g/mol. The average molecular weight is 400 g/mol. The third kappa shape index (κ3) is 3.29. The number of aliphatic hydroxyl groups excluding tert-OH is 2. The van der Waals surface area contributed by atoms with Gasteiger partial charge in [-0.3, -0.25) is 18.9 Å². The SMILES string of the molecule is Nc1nc2c(ncn2[C@@H]2O[C@H](COP(=O)(Cl)Cl)[C@@H](O)[C@H]2O)c(=O)[nH]1. The maximum Gasteiger partial charge on any atom is 0.380 e. The molecule has 24 heavy (non-hydrogen) atoms. The van der Waals surface area contributed by atoms with Gasteiger partial charge in [0.25, 0.3) is 5.56 Å². The van der Waals surface area contributed by atoms with Gasteiger partial charge in [0.1, 0.15) is 18.3 Å². The molecule has 11 nitrogen and oxygen atoms in total. The van der Waals surface area contributed by atoms with E-state index < -0.39 is 42.8 Å². The molecular formula is C10H12Cl2N5O6P. The van der Waals surface area contributed by atoms with Gasteiger partial charge in [0.05, 0.1) is 12.9 Å². The molecule has 0 spiro atoms. The summed E-state index contributed by atoms with van der Waals surface area (Å²) >= 11 is 10.5. The summed E-state index contributed by atoms with van der Waals surface area (Å²) in [5.74, 6) is -0.146. The van der Waals surface area contributed by atoms with Crippen molar-refractivity contribution in [3.05, 3.63) is 16.7 Å². The number of H-pyrrole nitrogens is 1. The van der Waals surface area contributed by atoms with Gasteiger partial charge in [0.2, 0.25) is 5.95 Å². The maximum absolute atomic E-state index is 11.8. The molecule has 0 amide bonds. The maximum atomic E-state index is 11.8. The van der Waals surface area contributed by atoms with Crippen molar-refractivity contribution in [2.45, 2.75) is 24.5 Å². The lowest BCUT2D eigenvalue weighted by Gasteiger charge is -2.16. The second-order valence-corrected chi connectivity index (χ2v) is 9.31. The minimum absolute atomic E-state index is 0.0137. The number of nitrogens with two attached hydrogens (primary N) is 1. The van der Waals surface area contributed by atoms with Crippen molar-refractivity contribution in [2.75, 3.05) is 12.3 Å². The number of aromatic nitrogens is 4. The van der Waals surface area contributed by atoms with Crippen LogP contribution in [-0.4, -0.2) is 54.7 Å². The number of halogens is 2. The monoisotopic (exact) mass is 399 g/mol. The lowest BCUT2D eigenvalue weighted by molar-refractivity contribution is -0.0465. The lowest BCUT2D eigenvalue weighted by Crippen LogP contribution is -2.33. The highest BCUT2D eigenvalue weighted by Crippen LogP contribution is 2.57. The van der Waals surface area contributed by atoms with Gasteiger partial charge in [-0.05, 0) is 22.5 Å². The van der Waals surface area contributed by atoms with Crippen LogP contribution in [0.5, 0.6) is 0 Å². The first kappa shape index (κ1) is 17.6. The van der Waals surface area contributed by atoms with Crippen LogP contribution in [0.1, 0.15) is 6.23 Å². The van der Waals surface area contributed by atoms with Gasteiger partial charge in [0, 0.05) is 0 Å². The average Bonchev–Trinajstić information content (AvgIpc) is 3.00.